The third-order valence-corrected chi connectivity index (χ3v) is 5.03. The number of benzene rings is 3. The Morgan fingerprint density at radius 2 is 1.28 bits per heavy atom. The van der Waals surface area contributed by atoms with Crippen LogP contribution in [0, 0.1) is 6.42 Å². The largest absolute Gasteiger partial charge is 0.450 e. The lowest BCUT2D eigenvalue weighted by Gasteiger charge is -2.20. The molecule has 0 atom stereocenters. The zero-order chi connectivity index (χ0) is 17.4. The molecule has 125 valence electrons. The maximum absolute atomic E-state index is 11.5. The van der Waals surface area contributed by atoms with Gasteiger partial charge in [0.2, 0.25) is 0 Å². The van der Waals surface area contributed by atoms with Gasteiger partial charge < -0.3 is 9.47 Å². The van der Waals surface area contributed by atoms with Crippen LogP contribution in [0.15, 0.2) is 71.6 Å². The third-order valence-electron chi connectivity index (χ3n) is 3.90. The molecule has 1 aliphatic rings. The van der Waals surface area contributed by atoms with Gasteiger partial charge in [0.25, 0.3) is 0 Å². The monoisotopic (exact) mass is 351 g/mol. The minimum atomic E-state index is -3.18. The second-order valence-corrected chi connectivity index (χ2v) is 7.86. The second kappa shape index (κ2) is 5.93. The van der Waals surface area contributed by atoms with Gasteiger partial charge >= 0.3 is 0 Å². The van der Waals surface area contributed by atoms with Gasteiger partial charge in [0.05, 0.1) is 4.90 Å². The van der Waals surface area contributed by atoms with Crippen molar-refractivity contribution in [1.82, 2.24) is 0 Å². The molecule has 0 saturated heterocycles. The summed E-state index contributed by atoms with van der Waals surface area (Å²) in [6.07, 6.45) is 3.15. The van der Waals surface area contributed by atoms with Crippen molar-refractivity contribution in [3.8, 4) is 23.0 Å². The van der Waals surface area contributed by atoms with Gasteiger partial charge in [-0.15, -0.1) is 0 Å². The Balaban J connectivity index is 1.57. The van der Waals surface area contributed by atoms with Crippen LogP contribution in [0.1, 0.15) is 11.1 Å². The summed E-state index contributed by atoms with van der Waals surface area (Å²) in [7, 11) is -3.18. The fourth-order valence-electron chi connectivity index (χ4n) is 2.64. The van der Waals surface area contributed by atoms with Crippen LogP contribution in [-0.2, 0) is 9.84 Å². The molecular weight excluding hydrogens is 336 g/mol. The van der Waals surface area contributed by atoms with E-state index in [0.29, 0.717) is 27.9 Å². The molecule has 0 spiro atoms. The highest BCUT2D eigenvalue weighted by Gasteiger charge is 2.18. The average molecular weight is 351 g/mol. The van der Waals surface area contributed by atoms with Gasteiger partial charge in [-0.05, 0) is 47.5 Å². The van der Waals surface area contributed by atoms with E-state index in [0.717, 1.165) is 11.1 Å². The van der Waals surface area contributed by atoms with Gasteiger partial charge in [0, 0.05) is 12.7 Å². The normalized spacial score (nSPS) is 12.5. The van der Waals surface area contributed by atoms with Gasteiger partial charge in [0.15, 0.2) is 32.8 Å². The van der Waals surface area contributed by atoms with Crippen molar-refractivity contribution < 1.29 is 17.9 Å². The lowest BCUT2D eigenvalue weighted by molar-refractivity contribution is 0.359. The van der Waals surface area contributed by atoms with E-state index in [1.54, 1.807) is 24.3 Å². The Hall–Kier alpha value is -2.79. The maximum Gasteiger partial charge on any atom is 0.175 e. The molecule has 5 heteroatoms. The van der Waals surface area contributed by atoms with E-state index < -0.39 is 9.84 Å². The van der Waals surface area contributed by atoms with E-state index in [2.05, 4.69) is 0 Å². The molecule has 0 bridgehead atoms. The summed E-state index contributed by atoms with van der Waals surface area (Å²) in [5.74, 6) is 2.70. The Morgan fingerprint density at radius 3 is 1.92 bits per heavy atom. The Kier molecular flexibility index (Phi) is 3.73. The maximum atomic E-state index is 11.5. The molecular formula is C20H15O4S. The van der Waals surface area contributed by atoms with Crippen molar-refractivity contribution in [3.05, 3.63) is 84.3 Å². The molecule has 3 aromatic rings. The SMILES string of the molecule is CS(=O)(=O)c1ccc([CH]c2ccc3c(c2)Oc2ccccc2O3)cc1. The molecule has 4 rings (SSSR count). The van der Waals surface area contributed by atoms with Crippen LogP contribution in [0.5, 0.6) is 23.0 Å². The van der Waals surface area contributed by atoms with Crippen molar-refractivity contribution >= 4 is 9.84 Å². The van der Waals surface area contributed by atoms with Crippen molar-refractivity contribution in [3.63, 3.8) is 0 Å². The van der Waals surface area contributed by atoms with E-state index in [-0.39, 0.29) is 0 Å². The first kappa shape index (κ1) is 15.7. The lowest BCUT2D eigenvalue weighted by Crippen LogP contribution is -1.99. The highest BCUT2D eigenvalue weighted by Crippen LogP contribution is 2.45. The summed E-state index contributed by atoms with van der Waals surface area (Å²) in [4.78, 5) is 0.309. The molecule has 1 radical (unpaired) electrons. The molecule has 4 nitrogen and oxygen atoms in total. The third kappa shape index (κ3) is 3.23. The summed E-state index contributed by atoms with van der Waals surface area (Å²) in [6, 6.07) is 20.0. The topological polar surface area (TPSA) is 52.6 Å². The zero-order valence-electron chi connectivity index (χ0n) is 13.5. The van der Waals surface area contributed by atoms with E-state index in [9.17, 15) is 8.42 Å². The molecule has 25 heavy (non-hydrogen) atoms. The van der Waals surface area contributed by atoms with Crippen LogP contribution >= 0.6 is 0 Å². The van der Waals surface area contributed by atoms with Gasteiger partial charge in [-0.2, -0.15) is 0 Å². The van der Waals surface area contributed by atoms with Crippen molar-refractivity contribution in [2.75, 3.05) is 6.26 Å². The Bertz CT molecular complexity index is 1040. The molecule has 0 unspecified atom stereocenters. The molecule has 0 saturated carbocycles. The van der Waals surface area contributed by atoms with Gasteiger partial charge in [-0.1, -0.05) is 30.3 Å². The first-order valence-corrected chi connectivity index (χ1v) is 9.62. The van der Waals surface area contributed by atoms with E-state index in [4.69, 9.17) is 9.47 Å². The molecule has 1 aliphatic heterocycles. The van der Waals surface area contributed by atoms with Crippen LogP contribution in [0.3, 0.4) is 0 Å². The minimum Gasteiger partial charge on any atom is -0.450 e. The quantitative estimate of drug-likeness (QED) is 0.542. The smallest absolute Gasteiger partial charge is 0.175 e. The summed E-state index contributed by atoms with van der Waals surface area (Å²) in [5, 5.41) is 0. The van der Waals surface area contributed by atoms with Gasteiger partial charge in [-0.25, -0.2) is 8.42 Å². The van der Waals surface area contributed by atoms with Crippen LogP contribution in [0.4, 0.5) is 0 Å². The molecule has 0 aromatic heterocycles. The first-order valence-electron chi connectivity index (χ1n) is 7.73. The number of hydrogen-bond acceptors (Lipinski definition) is 4. The number of sulfone groups is 1. The Morgan fingerprint density at radius 1 is 0.720 bits per heavy atom. The van der Waals surface area contributed by atoms with Crippen molar-refractivity contribution in [2.24, 2.45) is 0 Å². The predicted octanol–water partition coefficient (Wildman–Crippen LogP) is 4.59. The summed E-state index contributed by atoms with van der Waals surface area (Å²) < 4.78 is 34.8. The van der Waals surface area contributed by atoms with E-state index in [1.807, 2.05) is 48.9 Å². The molecule has 0 N–H and O–H groups in total. The van der Waals surface area contributed by atoms with Crippen LogP contribution < -0.4 is 9.47 Å². The molecule has 1 heterocycles. The highest BCUT2D eigenvalue weighted by atomic mass is 32.2. The summed E-state index contributed by atoms with van der Waals surface area (Å²) >= 11 is 0. The number of ether oxygens (including phenoxy) is 2. The van der Waals surface area contributed by atoms with Crippen molar-refractivity contribution in [1.29, 1.82) is 0 Å². The van der Waals surface area contributed by atoms with Crippen molar-refractivity contribution in [2.45, 2.75) is 4.90 Å². The minimum absolute atomic E-state index is 0.309. The molecule has 3 aromatic carbocycles. The summed E-state index contributed by atoms with van der Waals surface area (Å²) in [6.45, 7) is 0. The fraction of sp³-hybridized carbons (Fsp3) is 0.0500. The number of fused-ring (bicyclic) bond motifs is 2. The Labute approximate surface area is 146 Å². The number of hydrogen-bond donors (Lipinski definition) is 0. The van der Waals surface area contributed by atoms with E-state index in [1.165, 1.54) is 6.26 Å². The number of para-hydroxylation sites is 2. The molecule has 0 amide bonds. The standard InChI is InChI=1S/C20H15O4S/c1-25(21,22)16-9-6-14(7-10-16)12-15-8-11-19-20(13-15)24-18-5-3-2-4-17(18)23-19/h2-13H,1H3. The second-order valence-electron chi connectivity index (χ2n) is 5.84. The fourth-order valence-corrected chi connectivity index (χ4v) is 3.27. The van der Waals surface area contributed by atoms with Crippen LogP contribution in [0.2, 0.25) is 0 Å². The van der Waals surface area contributed by atoms with Crippen LogP contribution in [0.25, 0.3) is 0 Å². The van der Waals surface area contributed by atoms with E-state index >= 15 is 0 Å². The summed E-state index contributed by atoms with van der Waals surface area (Å²) in [5.41, 5.74) is 1.85. The van der Waals surface area contributed by atoms with Gasteiger partial charge in [0.1, 0.15) is 0 Å². The van der Waals surface area contributed by atoms with Gasteiger partial charge in [-0.3, -0.25) is 0 Å². The number of rotatable bonds is 3. The first-order chi connectivity index (χ1) is 12.0. The van der Waals surface area contributed by atoms with Crippen LogP contribution in [-0.4, -0.2) is 14.7 Å². The molecule has 0 fully saturated rings. The average Bonchev–Trinajstić information content (AvgIpc) is 2.59. The zero-order valence-corrected chi connectivity index (χ0v) is 14.3. The highest BCUT2D eigenvalue weighted by molar-refractivity contribution is 7.90. The predicted molar refractivity (Wildman–Crippen MR) is 95.1 cm³/mol. The lowest BCUT2D eigenvalue weighted by atomic mass is 10.0. The molecule has 0 aliphatic carbocycles.